The van der Waals surface area contributed by atoms with Crippen LogP contribution in [0.15, 0.2) is 122 Å². The highest BCUT2D eigenvalue weighted by molar-refractivity contribution is 5.70. The Labute approximate surface area is 471 Å². The van der Waals surface area contributed by atoms with Gasteiger partial charge < -0.3 is 14.6 Å². The molecule has 0 amide bonds. The predicted molar refractivity (Wildman–Crippen MR) is 334 cm³/mol. The summed E-state index contributed by atoms with van der Waals surface area (Å²) in [6.07, 6.45) is 96.3. The molecule has 76 heavy (non-hydrogen) atoms. The number of carbonyl (C=O) groups is 2. The van der Waals surface area contributed by atoms with Crippen molar-refractivity contribution >= 4 is 11.9 Å². The zero-order valence-electron chi connectivity index (χ0n) is 49.7. The first-order valence-corrected chi connectivity index (χ1v) is 32.1. The first-order chi connectivity index (χ1) is 37.6. The number of rotatable bonds is 58. The van der Waals surface area contributed by atoms with Gasteiger partial charge in [-0.25, -0.2) is 0 Å². The molecule has 0 rings (SSSR count). The quantitative estimate of drug-likeness (QED) is 0.0373. The molecule has 0 saturated carbocycles. The molecule has 5 heteroatoms. The molecule has 0 aromatic carbocycles. The Morgan fingerprint density at radius 1 is 0.316 bits per heavy atom. The molecule has 0 aromatic heterocycles. The summed E-state index contributed by atoms with van der Waals surface area (Å²) in [5.74, 6) is -0.616. The number of ether oxygens (including phenoxy) is 2. The van der Waals surface area contributed by atoms with Crippen molar-refractivity contribution in [3.05, 3.63) is 122 Å². The molecule has 0 fully saturated rings. The van der Waals surface area contributed by atoms with Crippen molar-refractivity contribution in [2.75, 3.05) is 13.2 Å². The van der Waals surface area contributed by atoms with Crippen LogP contribution in [0.25, 0.3) is 0 Å². The number of allylic oxidation sites excluding steroid dienone is 20. The van der Waals surface area contributed by atoms with Crippen molar-refractivity contribution < 1.29 is 24.2 Å². The second kappa shape index (κ2) is 65.6. The maximum Gasteiger partial charge on any atom is 0.306 e. The fraction of sp³-hybridized carbons (Fsp3) is 0.690. The van der Waals surface area contributed by atoms with Gasteiger partial charge in [0.2, 0.25) is 0 Å². The van der Waals surface area contributed by atoms with E-state index in [0.29, 0.717) is 12.8 Å². The minimum atomic E-state index is -0.794. The van der Waals surface area contributed by atoms with Gasteiger partial charge in [-0.15, -0.1) is 0 Å². The van der Waals surface area contributed by atoms with E-state index in [2.05, 4.69) is 135 Å². The predicted octanol–water partition coefficient (Wildman–Crippen LogP) is 22.2. The maximum atomic E-state index is 12.3. The van der Waals surface area contributed by atoms with Gasteiger partial charge in [-0.1, -0.05) is 315 Å². The molecule has 0 heterocycles. The second-order valence-corrected chi connectivity index (χ2v) is 21.1. The third kappa shape index (κ3) is 62.8. The maximum absolute atomic E-state index is 12.3. The van der Waals surface area contributed by atoms with Crippen molar-refractivity contribution in [3.8, 4) is 0 Å². The van der Waals surface area contributed by atoms with E-state index in [-0.39, 0.29) is 25.2 Å². The van der Waals surface area contributed by atoms with Crippen molar-refractivity contribution in [1.82, 2.24) is 0 Å². The van der Waals surface area contributed by atoms with E-state index in [9.17, 15) is 14.7 Å². The molecule has 0 aliphatic heterocycles. The Balaban J connectivity index is 3.58. The molecule has 5 nitrogen and oxygen atoms in total. The molecule has 1 atom stereocenters. The van der Waals surface area contributed by atoms with E-state index < -0.39 is 6.10 Å². The van der Waals surface area contributed by atoms with Crippen LogP contribution < -0.4 is 0 Å². The van der Waals surface area contributed by atoms with Gasteiger partial charge in [0, 0.05) is 12.8 Å². The van der Waals surface area contributed by atoms with E-state index >= 15 is 0 Å². The Morgan fingerprint density at radius 2 is 0.566 bits per heavy atom. The largest absolute Gasteiger partial charge is 0.462 e. The van der Waals surface area contributed by atoms with Crippen LogP contribution in [0.4, 0.5) is 0 Å². The van der Waals surface area contributed by atoms with Crippen LogP contribution in [0.1, 0.15) is 296 Å². The average Bonchev–Trinajstić information content (AvgIpc) is 3.42. The SMILES string of the molecule is CC/C=C\C/C=C\C/C=C\C/C=C\C/C=C\C/C=C\C/C=C\C/C=C\C/C=C\C/C=C\CCCCCCC(=O)OC(CO)COC(=O)CCCCCCCCCCCCCCCCCCCCCCCCCCCCC. The fourth-order valence-corrected chi connectivity index (χ4v) is 9.00. The summed E-state index contributed by atoms with van der Waals surface area (Å²) in [5, 5.41) is 9.68. The van der Waals surface area contributed by atoms with Gasteiger partial charge in [0.05, 0.1) is 6.61 Å². The standard InChI is InChI=1S/C71H120O5/c1-3-5-7-9-11-13-15-17-19-21-23-25-27-29-31-32-33-34-35-36-37-38-40-42-44-46-48-50-52-54-56-58-60-62-64-66-71(74)76-69(67-72)68-75-70(73)65-63-61-59-57-55-53-51-49-47-45-43-41-39-30-28-26-24-22-20-18-16-14-12-10-8-6-4-2/h5,7,11,13,17,19,23,25,29,31,33-34,36-37,40,42,46,48,52,54,69,72H,3-4,6,8-10,12,14-16,18,20-22,24,26-28,30,32,35,38-39,41,43-45,47,49-51,53,55-68H2,1-2H3/b7-5-,13-11-,19-17-,25-23-,31-29-,34-33-,37-36-,42-40-,48-46-,54-52-. The molecule has 0 saturated heterocycles. The smallest absolute Gasteiger partial charge is 0.306 e. The molecule has 0 radical (unpaired) electrons. The Kier molecular flexibility index (Phi) is 62.4. The molecular weight excluding hydrogens is 933 g/mol. The van der Waals surface area contributed by atoms with Crippen LogP contribution >= 0.6 is 0 Å². The van der Waals surface area contributed by atoms with Gasteiger partial charge in [-0.2, -0.15) is 0 Å². The fourth-order valence-electron chi connectivity index (χ4n) is 9.00. The average molecular weight is 1050 g/mol. The summed E-state index contributed by atoms with van der Waals surface area (Å²) >= 11 is 0. The molecule has 1 N–H and O–H groups in total. The first kappa shape index (κ1) is 72.3. The topological polar surface area (TPSA) is 72.8 Å². The molecule has 434 valence electrons. The number of carbonyl (C=O) groups excluding carboxylic acids is 2. The summed E-state index contributed by atoms with van der Waals surface area (Å²) in [7, 11) is 0. The molecule has 0 aromatic rings. The Morgan fingerprint density at radius 3 is 0.855 bits per heavy atom. The summed E-state index contributed by atoms with van der Waals surface area (Å²) in [6.45, 7) is 4.03. The molecule has 0 bridgehead atoms. The summed E-state index contributed by atoms with van der Waals surface area (Å²) in [4.78, 5) is 24.6. The molecule has 0 aliphatic carbocycles. The van der Waals surface area contributed by atoms with Gasteiger partial charge in [0.25, 0.3) is 0 Å². The number of aliphatic hydroxyl groups is 1. The summed E-state index contributed by atoms with van der Waals surface area (Å²) in [6, 6.07) is 0. The van der Waals surface area contributed by atoms with Gasteiger partial charge in [0.1, 0.15) is 6.61 Å². The van der Waals surface area contributed by atoms with E-state index in [1.807, 2.05) is 0 Å². The lowest BCUT2D eigenvalue weighted by Crippen LogP contribution is -2.28. The van der Waals surface area contributed by atoms with E-state index in [1.54, 1.807) is 0 Å². The van der Waals surface area contributed by atoms with Crippen LogP contribution in [0.3, 0.4) is 0 Å². The van der Waals surface area contributed by atoms with E-state index in [0.717, 1.165) is 116 Å². The minimum absolute atomic E-state index is 0.0801. The van der Waals surface area contributed by atoms with Crippen LogP contribution in [0.5, 0.6) is 0 Å². The summed E-state index contributed by atoms with van der Waals surface area (Å²) < 4.78 is 10.7. The normalized spacial score (nSPS) is 13.0. The van der Waals surface area contributed by atoms with Crippen LogP contribution in [0, 0.1) is 0 Å². The number of hydrogen-bond acceptors (Lipinski definition) is 5. The van der Waals surface area contributed by atoms with Crippen molar-refractivity contribution in [3.63, 3.8) is 0 Å². The lowest BCUT2D eigenvalue weighted by molar-refractivity contribution is -0.161. The Bertz CT molecular complexity index is 1520. The summed E-state index contributed by atoms with van der Waals surface area (Å²) in [5.41, 5.74) is 0. The molecule has 0 spiro atoms. The lowest BCUT2D eigenvalue weighted by Gasteiger charge is -2.15. The van der Waals surface area contributed by atoms with E-state index in [1.165, 1.54) is 154 Å². The number of unbranched alkanes of at least 4 members (excludes halogenated alkanes) is 30. The van der Waals surface area contributed by atoms with Crippen molar-refractivity contribution in [2.45, 2.75) is 302 Å². The lowest BCUT2D eigenvalue weighted by atomic mass is 10.0. The van der Waals surface area contributed by atoms with Gasteiger partial charge >= 0.3 is 11.9 Å². The zero-order valence-corrected chi connectivity index (χ0v) is 49.7. The third-order valence-corrected chi connectivity index (χ3v) is 13.8. The number of esters is 2. The second-order valence-electron chi connectivity index (χ2n) is 21.1. The van der Waals surface area contributed by atoms with E-state index in [4.69, 9.17) is 9.47 Å². The highest BCUT2D eigenvalue weighted by Gasteiger charge is 2.16. The molecule has 1 unspecified atom stereocenters. The highest BCUT2D eigenvalue weighted by atomic mass is 16.6. The monoisotopic (exact) mass is 1050 g/mol. The minimum Gasteiger partial charge on any atom is -0.462 e. The van der Waals surface area contributed by atoms with Crippen molar-refractivity contribution in [2.24, 2.45) is 0 Å². The third-order valence-electron chi connectivity index (χ3n) is 13.8. The molecular formula is C71H120O5. The first-order valence-electron chi connectivity index (χ1n) is 32.1. The van der Waals surface area contributed by atoms with Crippen LogP contribution in [0.2, 0.25) is 0 Å². The highest BCUT2D eigenvalue weighted by Crippen LogP contribution is 2.17. The zero-order chi connectivity index (χ0) is 54.8. The number of aliphatic hydroxyl groups excluding tert-OH is 1. The van der Waals surface area contributed by atoms with Crippen LogP contribution in [-0.4, -0.2) is 36.4 Å². The van der Waals surface area contributed by atoms with Gasteiger partial charge in [0.15, 0.2) is 6.10 Å². The number of hydrogen-bond donors (Lipinski definition) is 1. The van der Waals surface area contributed by atoms with Crippen molar-refractivity contribution in [1.29, 1.82) is 0 Å². The van der Waals surface area contributed by atoms with Gasteiger partial charge in [-0.05, 0) is 89.9 Å². The van der Waals surface area contributed by atoms with Crippen LogP contribution in [-0.2, 0) is 19.1 Å². The van der Waals surface area contributed by atoms with Gasteiger partial charge in [-0.3, -0.25) is 9.59 Å². The molecule has 0 aliphatic rings. The Hall–Kier alpha value is -3.70.